The molecule has 6 nitrogen and oxygen atoms in total. The SMILES string of the molecule is O=C(C[C@H]1CC[C@@H]2[C@H](COC[C@H](O)CN2Cc2ccc(C(F)(F)F)cc2)O1)NCCc1ccccc1. The van der Waals surface area contributed by atoms with E-state index in [4.69, 9.17) is 9.47 Å². The minimum Gasteiger partial charge on any atom is -0.389 e. The molecule has 2 heterocycles. The van der Waals surface area contributed by atoms with Crippen molar-refractivity contribution in [2.75, 3.05) is 26.3 Å². The van der Waals surface area contributed by atoms with Crippen LogP contribution >= 0.6 is 0 Å². The number of halogens is 3. The molecule has 2 aromatic carbocycles. The summed E-state index contributed by atoms with van der Waals surface area (Å²) in [5, 5.41) is 13.3. The van der Waals surface area contributed by atoms with Gasteiger partial charge in [0.15, 0.2) is 0 Å². The molecule has 4 rings (SSSR count). The molecular weight excluding hydrogens is 473 g/mol. The third-order valence-corrected chi connectivity index (χ3v) is 6.75. The predicted octanol–water partition coefficient (Wildman–Crippen LogP) is 3.56. The third kappa shape index (κ3) is 7.52. The molecule has 2 aliphatic heterocycles. The Morgan fingerprint density at radius 2 is 1.78 bits per heavy atom. The molecule has 0 aromatic heterocycles. The van der Waals surface area contributed by atoms with Crippen molar-refractivity contribution < 1.29 is 32.5 Å². The van der Waals surface area contributed by atoms with Crippen molar-refractivity contribution in [3.8, 4) is 0 Å². The molecule has 0 spiro atoms. The normalized spacial score (nSPS) is 25.4. The lowest BCUT2D eigenvalue weighted by molar-refractivity contribution is -0.158. The number of hydrogen-bond acceptors (Lipinski definition) is 5. The van der Waals surface area contributed by atoms with Gasteiger partial charge in [-0.15, -0.1) is 0 Å². The van der Waals surface area contributed by atoms with Crippen LogP contribution in [0.4, 0.5) is 13.2 Å². The minimum atomic E-state index is -4.38. The number of aliphatic hydroxyl groups excluding tert-OH is 1. The minimum absolute atomic E-state index is 0.0572. The molecule has 2 saturated heterocycles. The number of amides is 1. The summed E-state index contributed by atoms with van der Waals surface area (Å²) in [7, 11) is 0. The van der Waals surface area contributed by atoms with Gasteiger partial charge in [0.1, 0.15) is 0 Å². The molecule has 9 heteroatoms. The highest BCUT2D eigenvalue weighted by atomic mass is 19.4. The topological polar surface area (TPSA) is 71.0 Å². The van der Waals surface area contributed by atoms with Crippen LogP contribution < -0.4 is 5.32 Å². The number of ether oxygens (including phenoxy) is 2. The highest BCUT2D eigenvalue weighted by Crippen LogP contribution is 2.31. The van der Waals surface area contributed by atoms with E-state index in [0.717, 1.165) is 36.1 Å². The molecule has 0 aliphatic carbocycles. The summed E-state index contributed by atoms with van der Waals surface area (Å²) in [6.07, 6.45) is -3.16. The van der Waals surface area contributed by atoms with Crippen LogP contribution in [0.5, 0.6) is 0 Å². The van der Waals surface area contributed by atoms with Gasteiger partial charge in [-0.2, -0.15) is 13.2 Å². The Hall–Kier alpha value is -2.46. The number of rotatable bonds is 7. The number of aliphatic hydroxyl groups is 1. The second-order valence-electron chi connectivity index (χ2n) is 9.55. The number of carbonyl (C=O) groups is 1. The van der Waals surface area contributed by atoms with Crippen molar-refractivity contribution in [3.63, 3.8) is 0 Å². The van der Waals surface area contributed by atoms with Gasteiger partial charge < -0.3 is 19.9 Å². The van der Waals surface area contributed by atoms with Crippen LogP contribution in [-0.4, -0.2) is 66.6 Å². The van der Waals surface area contributed by atoms with Crippen LogP contribution in [0.15, 0.2) is 54.6 Å². The van der Waals surface area contributed by atoms with Crippen molar-refractivity contribution in [3.05, 3.63) is 71.3 Å². The van der Waals surface area contributed by atoms with Crippen molar-refractivity contribution in [1.82, 2.24) is 10.2 Å². The zero-order valence-electron chi connectivity index (χ0n) is 20.1. The molecule has 36 heavy (non-hydrogen) atoms. The summed E-state index contributed by atoms with van der Waals surface area (Å²) < 4.78 is 50.7. The fraction of sp³-hybridized carbons (Fsp3) is 0.519. The van der Waals surface area contributed by atoms with Gasteiger partial charge in [0.2, 0.25) is 5.91 Å². The summed E-state index contributed by atoms with van der Waals surface area (Å²) >= 11 is 0. The van der Waals surface area contributed by atoms with E-state index in [2.05, 4.69) is 10.2 Å². The zero-order valence-corrected chi connectivity index (χ0v) is 20.1. The summed E-state index contributed by atoms with van der Waals surface area (Å²) in [5.41, 5.74) is 1.21. The zero-order chi connectivity index (χ0) is 25.5. The molecule has 196 valence electrons. The van der Waals surface area contributed by atoms with Crippen LogP contribution in [0.2, 0.25) is 0 Å². The molecule has 0 radical (unpaired) electrons. The van der Waals surface area contributed by atoms with Crippen LogP contribution in [-0.2, 0) is 33.4 Å². The average molecular weight is 507 g/mol. The number of nitrogens with zero attached hydrogens (tertiary/aromatic N) is 1. The van der Waals surface area contributed by atoms with Gasteiger partial charge in [-0.25, -0.2) is 0 Å². The van der Waals surface area contributed by atoms with Crippen molar-refractivity contribution in [1.29, 1.82) is 0 Å². The molecule has 0 saturated carbocycles. The maximum absolute atomic E-state index is 12.9. The first-order chi connectivity index (χ1) is 17.3. The van der Waals surface area contributed by atoms with E-state index in [9.17, 15) is 23.1 Å². The third-order valence-electron chi connectivity index (χ3n) is 6.75. The number of hydrogen-bond donors (Lipinski definition) is 2. The predicted molar refractivity (Wildman–Crippen MR) is 128 cm³/mol. The Balaban J connectivity index is 1.32. The van der Waals surface area contributed by atoms with Crippen molar-refractivity contribution >= 4 is 5.91 Å². The van der Waals surface area contributed by atoms with Gasteiger partial charge in [0.25, 0.3) is 0 Å². The Kier molecular flexibility index (Phi) is 9.00. The highest BCUT2D eigenvalue weighted by Gasteiger charge is 2.38. The standard InChI is InChI=1S/C27H33F3N2O4/c28-27(29,30)21-8-6-20(7-9-21)15-32-16-22(33)17-35-18-25-24(32)11-10-23(36-25)14-26(34)31-13-12-19-4-2-1-3-5-19/h1-9,22-25,33H,10-18H2,(H,31,34)/t22-,23-,24-,25+/m1/s1. The van der Waals surface area contributed by atoms with Crippen molar-refractivity contribution in [2.24, 2.45) is 0 Å². The van der Waals surface area contributed by atoms with Gasteiger partial charge in [0.05, 0.1) is 43.5 Å². The summed E-state index contributed by atoms with van der Waals surface area (Å²) in [6.45, 7) is 1.72. The summed E-state index contributed by atoms with van der Waals surface area (Å²) in [6, 6.07) is 15.0. The highest BCUT2D eigenvalue weighted by molar-refractivity contribution is 5.76. The molecule has 0 unspecified atom stereocenters. The van der Waals surface area contributed by atoms with E-state index in [0.29, 0.717) is 26.1 Å². The molecule has 2 aliphatic rings. The lowest BCUT2D eigenvalue weighted by Crippen LogP contribution is -2.55. The summed E-state index contributed by atoms with van der Waals surface area (Å²) in [4.78, 5) is 14.6. The first-order valence-electron chi connectivity index (χ1n) is 12.4. The van der Waals surface area contributed by atoms with Gasteiger partial charge in [-0.1, -0.05) is 42.5 Å². The van der Waals surface area contributed by atoms with Crippen LogP contribution in [0, 0.1) is 0 Å². The first kappa shape index (κ1) is 26.6. The second kappa shape index (κ2) is 12.2. The fourth-order valence-electron chi connectivity index (χ4n) is 4.93. The van der Waals surface area contributed by atoms with E-state index >= 15 is 0 Å². The smallest absolute Gasteiger partial charge is 0.389 e. The molecule has 2 N–H and O–H groups in total. The van der Waals surface area contributed by atoms with Crippen LogP contribution in [0.25, 0.3) is 0 Å². The number of fused-ring (bicyclic) bond motifs is 1. The lowest BCUT2D eigenvalue weighted by Gasteiger charge is -2.44. The Morgan fingerprint density at radius 3 is 2.50 bits per heavy atom. The largest absolute Gasteiger partial charge is 0.416 e. The molecule has 2 fully saturated rings. The molecule has 4 atom stereocenters. The van der Waals surface area contributed by atoms with Gasteiger partial charge in [-0.05, 0) is 42.5 Å². The van der Waals surface area contributed by atoms with E-state index in [1.165, 1.54) is 12.1 Å². The first-order valence-corrected chi connectivity index (χ1v) is 12.4. The van der Waals surface area contributed by atoms with E-state index in [-0.39, 0.29) is 43.8 Å². The Labute approximate surface area is 209 Å². The number of benzene rings is 2. The average Bonchev–Trinajstić information content (AvgIpc) is 2.83. The molecular formula is C27H33F3N2O4. The van der Waals surface area contributed by atoms with Crippen molar-refractivity contribution in [2.45, 2.75) is 62.8 Å². The van der Waals surface area contributed by atoms with Gasteiger partial charge in [0, 0.05) is 25.7 Å². The Morgan fingerprint density at radius 1 is 1.03 bits per heavy atom. The monoisotopic (exact) mass is 506 g/mol. The fourth-order valence-corrected chi connectivity index (χ4v) is 4.93. The number of nitrogens with one attached hydrogen (secondary N) is 1. The second-order valence-corrected chi connectivity index (χ2v) is 9.55. The molecule has 0 bridgehead atoms. The van der Waals surface area contributed by atoms with Gasteiger partial charge in [-0.3, -0.25) is 9.69 Å². The Bertz CT molecular complexity index is 971. The van der Waals surface area contributed by atoms with E-state index < -0.39 is 17.8 Å². The molecule has 1 amide bonds. The van der Waals surface area contributed by atoms with Crippen LogP contribution in [0.1, 0.15) is 36.0 Å². The summed E-state index contributed by atoms with van der Waals surface area (Å²) in [5.74, 6) is -0.0572. The number of alkyl halides is 3. The maximum Gasteiger partial charge on any atom is 0.416 e. The lowest BCUT2D eigenvalue weighted by atomic mass is 9.94. The number of β-amino-alcohol motifs (C(OH)–C–C–N with tert-alkyl or cyclic N) is 1. The van der Waals surface area contributed by atoms with E-state index in [1.807, 2.05) is 30.3 Å². The van der Waals surface area contributed by atoms with E-state index in [1.54, 1.807) is 0 Å². The number of carbonyl (C=O) groups excluding carboxylic acids is 1. The van der Waals surface area contributed by atoms with Gasteiger partial charge >= 0.3 is 6.18 Å². The molecule has 2 aromatic rings. The van der Waals surface area contributed by atoms with Crippen LogP contribution in [0.3, 0.4) is 0 Å². The maximum atomic E-state index is 12.9. The quantitative estimate of drug-likeness (QED) is 0.601.